The van der Waals surface area contributed by atoms with Crippen LogP contribution in [0.3, 0.4) is 0 Å². The summed E-state index contributed by atoms with van der Waals surface area (Å²) >= 11 is 14.5. The normalized spacial score (nSPS) is 9.40. The maximum atomic E-state index is 10.5. The van der Waals surface area contributed by atoms with Gasteiger partial charge in [0.05, 0.1) is 0 Å². The Kier molecular flexibility index (Phi) is 6.79. The van der Waals surface area contributed by atoms with Crippen LogP contribution in [0.5, 0.6) is 0 Å². The second-order valence-corrected chi connectivity index (χ2v) is 5.16. The lowest BCUT2D eigenvalue weighted by Gasteiger charge is -1.92. The van der Waals surface area contributed by atoms with Gasteiger partial charge in [-0.25, -0.2) is 0 Å². The van der Waals surface area contributed by atoms with E-state index in [1.807, 2.05) is 19.1 Å². The van der Waals surface area contributed by atoms with Crippen LogP contribution in [-0.4, -0.2) is 10.5 Å². The Labute approximate surface area is 133 Å². The molecule has 0 saturated heterocycles. The summed E-state index contributed by atoms with van der Waals surface area (Å²) in [6, 6.07) is 13.9. The van der Waals surface area contributed by atoms with E-state index in [0.29, 0.717) is 11.1 Å². The van der Waals surface area contributed by atoms with Crippen molar-refractivity contribution in [2.45, 2.75) is 11.8 Å². The molecule has 0 amide bonds. The molecule has 104 valence electrons. The highest BCUT2D eigenvalue weighted by Gasteiger charge is 1.98. The zero-order valence-corrected chi connectivity index (χ0v) is 13.0. The molecule has 0 aliphatic carbocycles. The zero-order chi connectivity index (χ0) is 15.1. The first-order valence-electron chi connectivity index (χ1n) is 5.65. The Morgan fingerprint density at radius 3 is 1.50 bits per heavy atom. The minimum absolute atomic E-state index is 0.403. The number of hydrogen-bond acceptors (Lipinski definition) is 3. The van der Waals surface area contributed by atoms with Gasteiger partial charge in [0, 0.05) is 16.0 Å². The first kappa shape index (κ1) is 16.8. The van der Waals surface area contributed by atoms with Crippen molar-refractivity contribution in [1.82, 2.24) is 0 Å². The average Bonchev–Trinajstić information content (AvgIpc) is 2.40. The van der Waals surface area contributed by atoms with Gasteiger partial charge in [0.25, 0.3) is 10.5 Å². The molecule has 0 aliphatic heterocycles. The van der Waals surface area contributed by atoms with Crippen LogP contribution < -0.4 is 0 Å². The Morgan fingerprint density at radius 1 is 0.800 bits per heavy atom. The molecular weight excluding hydrogens is 315 g/mol. The van der Waals surface area contributed by atoms with Crippen LogP contribution in [-0.2, 0) is 0 Å². The predicted octanol–water partition coefficient (Wildman–Crippen LogP) is 4.73. The Bertz CT molecular complexity index is 537. The number of carbonyl (C=O) groups excluding carboxylic acids is 2. The van der Waals surface area contributed by atoms with E-state index in [-0.39, 0.29) is 0 Å². The lowest BCUT2D eigenvalue weighted by Crippen LogP contribution is -1.86. The van der Waals surface area contributed by atoms with E-state index >= 15 is 0 Å². The van der Waals surface area contributed by atoms with Gasteiger partial charge in [-0.1, -0.05) is 17.7 Å². The second kappa shape index (κ2) is 8.10. The van der Waals surface area contributed by atoms with Crippen molar-refractivity contribution in [2.75, 3.05) is 0 Å². The van der Waals surface area contributed by atoms with E-state index in [1.54, 1.807) is 36.4 Å². The smallest absolute Gasteiger partial charge is 0.252 e. The molecule has 20 heavy (non-hydrogen) atoms. The van der Waals surface area contributed by atoms with Crippen LogP contribution in [0, 0.1) is 6.92 Å². The maximum Gasteiger partial charge on any atom is 0.252 e. The number of aryl methyl sites for hydroxylation is 1. The molecule has 0 bridgehead atoms. The molecule has 0 saturated carbocycles. The first-order chi connectivity index (χ1) is 9.40. The van der Waals surface area contributed by atoms with E-state index < -0.39 is 10.5 Å². The molecule has 5 heteroatoms. The van der Waals surface area contributed by atoms with Crippen LogP contribution in [0.1, 0.15) is 26.3 Å². The van der Waals surface area contributed by atoms with Gasteiger partial charge < -0.3 is 0 Å². The second-order valence-electron chi connectivity index (χ2n) is 3.96. The van der Waals surface area contributed by atoms with Gasteiger partial charge in [0.1, 0.15) is 0 Å². The van der Waals surface area contributed by atoms with E-state index in [0.717, 1.165) is 10.5 Å². The number of halogens is 2. The van der Waals surface area contributed by atoms with Gasteiger partial charge in [0.2, 0.25) is 0 Å². The average molecular weight is 327 g/mol. The van der Waals surface area contributed by atoms with Crippen LogP contribution in [0.15, 0.2) is 53.4 Å². The van der Waals surface area contributed by atoms with Crippen LogP contribution >= 0.6 is 35.8 Å². The number of hydrogen-bond donors (Lipinski definition) is 1. The molecule has 0 aliphatic rings. The van der Waals surface area contributed by atoms with Crippen molar-refractivity contribution >= 4 is 46.3 Å². The lowest BCUT2D eigenvalue weighted by atomic mass is 10.2. The summed E-state index contributed by atoms with van der Waals surface area (Å²) < 4.78 is 0. The van der Waals surface area contributed by atoms with Crippen molar-refractivity contribution in [3.8, 4) is 0 Å². The molecule has 2 aromatic rings. The van der Waals surface area contributed by atoms with Crippen molar-refractivity contribution in [1.29, 1.82) is 0 Å². The molecule has 0 unspecified atom stereocenters. The molecular formula is C15H12Cl2O2S. The summed E-state index contributed by atoms with van der Waals surface area (Å²) in [6.45, 7) is 1.96. The van der Waals surface area contributed by atoms with Crippen molar-refractivity contribution < 1.29 is 9.59 Å². The molecule has 2 rings (SSSR count). The highest BCUT2D eigenvalue weighted by molar-refractivity contribution is 7.80. The van der Waals surface area contributed by atoms with Crippen molar-refractivity contribution in [2.24, 2.45) is 0 Å². The lowest BCUT2D eigenvalue weighted by molar-refractivity contribution is 0.107. The number of benzene rings is 2. The summed E-state index contributed by atoms with van der Waals surface area (Å²) in [5, 5.41) is -0.840. The van der Waals surface area contributed by atoms with Gasteiger partial charge in [-0.3, -0.25) is 9.59 Å². The first-order valence-corrected chi connectivity index (χ1v) is 6.86. The Balaban J connectivity index is 0.000000200. The van der Waals surface area contributed by atoms with Crippen LogP contribution in [0.2, 0.25) is 0 Å². The molecule has 0 fully saturated rings. The van der Waals surface area contributed by atoms with Gasteiger partial charge in [-0.05, 0) is 66.5 Å². The summed E-state index contributed by atoms with van der Waals surface area (Å²) in [5.74, 6) is 0. The van der Waals surface area contributed by atoms with E-state index in [1.165, 1.54) is 0 Å². The van der Waals surface area contributed by atoms with Gasteiger partial charge >= 0.3 is 0 Å². The highest BCUT2D eigenvalue weighted by Crippen LogP contribution is 2.09. The van der Waals surface area contributed by atoms with Crippen LogP contribution in [0.25, 0.3) is 0 Å². The number of thiol groups is 1. The molecule has 0 atom stereocenters. The third-order valence-electron chi connectivity index (χ3n) is 2.37. The fraction of sp³-hybridized carbons (Fsp3) is 0.0667. The van der Waals surface area contributed by atoms with Gasteiger partial charge in [-0.2, -0.15) is 0 Å². The standard InChI is InChI=1S/C8H7ClO.C7H5ClOS/c1-6-2-4-7(5-3-6)8(9)10;8-7(9)5-1-3-6(10)4-2-5/h2-5H,1H3;1-4,10H. The number of rotatable bonds is 2. The summed E-state index contributed by atoms with van der Waals surface area (Å²) in [6.07, 6.45) is 0. The summed E-state index contributed by atoms with van der Waals surface area (Å²) in [4.78, 5) is 21.8. The molecule has 2 nitrogen and oxygen atoms in total. The summed E-state index contributed by atoms with van der Waals surface area (Å²) in [5.41, 5.74) is 2.17. The zero-order valence-electron chi connectivity index (χ0n) is 10.6. The minimum atomic E-state index is -0.437. The third kappa shape index (κ3) is 5.78. The third-order valence-corrected chi connectivity index (χ3v) is 3.11. The SMILES string of the molecule is Cc1ccc(C(=O)Cl)cc1.O=C(Cl)c1ccc(S)cc1. The monoisotopic (exact) mass is 326 g/mol. The highest BCUT2D eigenvalue weighted by atomic mass is 35.5. The summed E-state index contributed by atoms with van der Waals surface area (Å²) in [7, 11) is 0. The topological polar surface area (TPSA) is 34.1 Å². The molecule has 0 radical (unpaired) electrons. The quantitative estimate of drug-likeness (QED) is 0.639. The van der Waals surface area contributed by atoms with Gasteiger partial charge in [0.15, 0.2) is 0 Å². The largest absolute Gasteiger partial charge is 0.276 e. The van der Waals surface area contributed by atoms with Crippen LogP contribution in [0.4, 0.5) is 0 Å². The van der Waals surface area contributed by atoms with Crippen molar-refractivity contribution in [3.63, 3.8) is 0 Å². The molecule has 0 heterocycles. The van der Waals surface area contributed by atoms with E-state index in [4.69, 9.17) is 23.2 Å². The van der Waals surface area contributed by atoms with Crippen molar-refractivity contribution in [3.05, 3.63) is 65.2 Å². The Hall–Kier alpha value is -1.29. The van der Waals surface area contributed by atoms with Gasteiger partial charge in [-0.15, -0.1) is 12.6 Å². The maximum absolute atomic E-state index is 10.5. The molecule has 0 aromatic heterocycles. The molecule has 2 aromatic carbocycles. The fourth-order valence-electron chi connectivity index (χ4n) is 1.28. The molecule has 0 spiro atoms. The molecule has 0 N–H and O–H groups in total. The Morgan fingerprint density at radius 2 is 1.15 bits per heavy atom. The fourth-order valence-corrected chi connectivity index (χ4v) is 1.68. The minimum Gasteiger partial charge on any atom is -0.276 e. The number of carbonyl (C=O) groups is 2. The predicted molar refractivity (Wildman–Crippen MR) is 85.2 cm³/mol. The van der Waals surface area contributed by atoms with E-state index in [2.05, 4.69) is 12.6 Å². The van der Waals surface area contributed by atoms with E-state index in [9.17, 15) is 9.59 Å².